The largest absolute Gasteiger partial charge is 0.387 e. The lowest BCUT2D eigenvalue weighted by Crippen LogP contribution is -2.50. The zero-order valence-electron chi connectivity index (χ0n) is 15.1. The van der Waals surface area contributed by atoms with Crippen molar-refractivity contribution < 1.29 is 23.5 Å². The molecule has 3 N–H and O–H groups in total. The Morgan fingerprint density at radius 3 is 2.41 bits per heavy atom. The molecule has 0 saturated heterocycles. The van der Waals surface area contributed by atoms with Gasteiger partial charge in [-0.3, -0.25) is 9.59 Å². The van der Waals surface area contributed by atoms with Gasteiger partial charge >= 0.3 is 0 Å². The zero-order chi connectivity index (χ0) is 20.0. The van der Waals surface area contributed by atoms with Crippen LogP contribution in [0.5, 0.6) is 0 Å². The van der Waals surface area contributed by atoms with E-state index in [1.54, 1.807) is 19.9 Å². The molecule has 2 rings (SSSR count). The second kappa shape index (κ2) is 9.23. The van der Waals surface area contributed by atoms with Gasteiger partial charge in [-0.1, -0.05) is 38.1 Å². The van der Waals surface area contributed by atoms with E-state index in [4.69, 9.17) is 0 Å². The molecule has 2 aromatic carbocycles. The molecule has 5 nitrogen and oxygen atoms in total. The molecule has 2 aromatic rings. The molecule has 2 amide bonds. The first-order chi connectivity index (χ1) is 12.8. The van der Waals surface area contributed by atoms with Gasteiger partial charge in [0.1, 0.15) is 17.7 Å². The van der Waals surface area contributed by atoms with Crippen molar-refractivity contribution in [3.63, 3.8) is 0 Å². The Balaban J connectivity index is 2.00. The Kier molecular flexibility index (Phi) is 7.01. The molecule has 0 saturated carbocycles. The summed E-state index contributed by atoms with van der Waals surface area (Å²) in [5, 5.41) is 15.1. The second-order valence-electron chi connectivity index (χ2n) is 6.49. The monoisotopic (exact) mass is 376 g/mol. The Labute approximate surface area is 156 Å². The minimum absolute atomic E-state index is 0.152. The van der Waals surface area contributed by atoms with E-state index < -0.39 is 35.6 Å². The molecule has 27 heavy (non-hydrogen) atoms. The quantitative estimate of drug-likeness (QED) is 0.695. The molecule has 0 aliphatic heterocycles. The van der Waals surface area contributed by atoms with Crippen LogP contribution in [0.25, 0.3) is 0 Å². The van der Waals surface area contributed by atoms with E-state index in [1.807, 2.05) is 0 Å². The molecule has 0 heterocycles. The van der Waals surface area contributed by atoms with Gasteiger partial charge in [0, 0.05) is 6.54 Å². The fourth-order valence-corrected chi connectivity index (χ4v) is 2.54. The average molecular weight is 376 g/mol. The number of carbonyl (C=O) groups excluding carboxylic acids is 2. The van der Waals surface area contributed by atoms with Crippen LogP contribution in [0.15, 0.2) is 48.5 Å². The summed E-state index contributed by atoms with van der Waals surface area (Å²) in [5.74, 6) is -2.67. The lowest BCUT2D eigenvalue weighted by atomic mass is 10.0. The summed E-state index contributed by atoms with van der Waals surface area (Å²) in [6, 6.07) is 9.99. The topological polar surface area (TPSA) is 78.4 Å². The fraction of sp³-hybridized carbons (Fsp3) is 0.300. The minimum atomic E-state index is -1.10. The normalized spacial score (nSPS) is 13.1. The molecule has 0 aromatic heterocycles. The number of benzene rings is 2. The van der Waals surface area contributed by atoms with E-state index in [0.717, 1.165) is 6.07 Å². The standard InChI is InChI=1S/C20H22F2N2O3/c1-12(2)18(24-19(26)15-8-3-4-9-16(15)22)20(27)23-11-17(25)13-6-5-7-14(21)10-13/h3-10,12,17-18,25H,11H2,1-2H3,(H,23,27)(H,24,26). The highest BCUT2D eigenvalue weighted by Gasteiger charge is 2.26. The van der Waals surface area contributed by atoms with Crippen LogP contribution >= 0.6 is 0 Å². The highest BCUT2D eigenvalue weighted by Crippen LogP contribution is 2.14. The smallest absolute Gasteiger partial charge is 0.254 e. The Bertz CT molecular complexity index is 811. The van der Waals surface area contributed by atoms with Gasteiger partial charge in [-0.25, -0.2) is 8.78 Å². The van der Waals surface area contributed by atoms with E-state index >= 15 is 0 Å². The molecular formula is C20H22F2N2O3. The summed E-state index contributed by atoms with van der Waals surface area (Å²) >= 11 is 0. The number of hydrogen-bond acceptors (Lipinski definition) is 3. The minimum Gasteiger partial charge on any atom is -0.387 e. The number of amides is 2. The first kappa shape index (κ1) is 20.5. The summed E-state index contributed by atoms with van der Waals surface area (Å²) in [7, 11) is 0. The molecule has 7 heteroatoms. The Morgan fingerprint density at radius 1 is 1.07 bits per heavy atom. The number of hydrogen-bond donors (Lipinski definition) is 3. The lowest BCUT2D eigenvalue weighted by molar-refractivity contribution is -0.124. The molecule has 0 fully saturated rings. The first-order valence-electron chi connectivity index (χ1n) is 8.56. The van der Waals surface area contributed by atoms with Gasteiger partial charge in [-0.15, -0.1) is 0 Å². The van der Waals surface area contributed by atoms with Gasteiger partial charge in [0.2, 0.25) is 5.91 Å². The summed E-state index contributed by atoms with van der Waals surface area (Å²) in [6.07, 6.45) is -1.10. The number of aliphatic hydroxyl groups is 1. The maximum absolute atomic E-state index is 13.7. The molecule has 2 atom stereocenters. The van der Waals surface area contributed by atoms with Crippen LogP contribution in [0.4, 0.5) is 8.78 Å². The molecule has 0 aliphatic carbocycles. The number of aliphatic hydroxyl groups excluding tert-OH is 1. The number of halogens is 2. The molecule has 0 bridgehead atoms. The van der Waals surface area contributed by atoms with E-state index in [9.17, 15) is 23.5 Å². The fourth-order valence-electron chi connectivity index (χ4n) is 2.54. The summed E-state index contributed by atoms with van der Waals surface area (Å²) in [6.45, 7) is 3.31. The van der Waals surface area contributed by atoms with Gasteiger partial charge in [0.15, 0.2) is 0 Å². The second-order valence-corrected chi connectivity index (χ2v) is 6.49. The molecule has 2 unspecified atom stereocenters. The molecule has 144 valence electrons. The van der Waals surface area contributed by atoms with Crippen molar-refractivity contribution in [2.24, 2.45) is 5.92 Å². The number of nitrogens with one attached hydrogen (secondary N) is 2. The van der Waals surface area contributed by atoms with Crippen LogP contribution in [-0.2, 0) is 4.79 Å². The predicted octanol–water partition coefficient (Wildman–Crippen LogP) is 2.57. The van der Waals surface area contributed by atoms with Crippen LogP contribution < -0.4 is 10.6 Å². The molecular weight excluding hydrogens is 354 g/mol. The maximum atomic E-state index is 13.7. The van der Waals surface area contributed by atoms with E-state index in [2.05, 4.69) is 10.6 Å². The van der Waals surface area contributed by atoms with Crippen molar-refractivity contribution >= 4 is 11.8 Å². The van der Waals surface area contributed by atoms with E-state index in [-0.39, 0.29) is 18.0 Å². The zero-order valence-corrected chi connectivity index (χ0v) is 15.1. The van der Waals surface area contributed by atoms with Crippen molar-refractivity contribution in [1.82, 2.24) is 10.6 Å². The van der Waals surface area contributed by atoms with Crippen LogP contribution in [0.3, 0.4) is 0 Å². The van der Waals surface area contributed by atoms with Crippen LogP contribution in [0.1, 0.15) is 35.9 Å². The van der Waals surface area contributed by atoms with Gasteiger partial charge in [0.25, 0.3) is 5.91 Å². The maximum Gasteiger partial charge on any atom is 0.254 e. The third kappa shape index (κ3) is 5.59. The highest BCUT2D eigenvalue weighted by molar-refractivity contribution is 5.97. The van der Waals surface area contributed by atoms with E-state index in [1.165, 1.54) is 36.4 Å². The molecule has 0 spiro atoms. The van der Waals surface area contributed by atoms with Gasteiger partial charge in [-0.05, 0) is 35.7 Å². The van der Waals surface area contributed by atoms with E-state index in [0.29, 0.717) is 5.56 Å². The lowest BCUT2D eigenvalue weighted by Gasteiger charge is -2.23. The summed E-state index contributed by atoms with van der Waals surface area (Å²) in [4.78, 5) is 24.7. The van der Waals surface area contributed by atoms with Gasteiger partial charge in [-0.2, -0.15) is 0 Å². The highest BCUT2D eigenvalue weighted by atomic mass is 19.1. The van der Waals surface area contributed by atoms with Crippen molar-refractivity contribution in [2.45, 2.75) is 26.0 Å². The van der Waals surface area contributed by atoms with Crippen LogP contribution in [0, 0.1) is 17.6 Å². The van der Waals surface area contributed by atoms with Crippen molar-refractivity contribution in [3.8, 4) is 0 Å². The SMILES string of the molecule is CC(C)C(NC(=O)c1ccccc1F)C(=O)NCC(O)c1cccc(F)c1. The van der Waals surface area contributed by atoms with Crippen LogP contribution in [-0.4, -0.2) is 29.5 Å². The predicted molar refractivity (Wildman–Crippen MR) is 96.9 cm³/mol. The van der Waals surface area contributed by atoms with Gasteiger partial charge < -0.3 is 15.7 Å². The third-order valence-electron chi connectivity index (χ3n) is 4.06. The van der Waals surface area contributed by atoms with Crippen molar-refractivity contribution in [1.29, 1.82) is 0 Å². The summed E-state index contributed by atoms with van der Waals surface area (Å²) in [5.41, 5.74) is 0.169. The van der Waals surface area contributed by atoms with Crippen molar-refractivity contribution in [3.05, 3.63) is 71.3 Å². The third-order valence-corrected chi connectivity index (χ3v) is 4.06. The Hall–Kier alpha value is -2.80. The Morgan fingerprint density at radius 2 is 1.78 bits per heavy atom. The molecule has 0 aliphatic rings. The first-order valence-corrected chi connectivity index (χ1v) is 8.56. The van der Waals surface area contributed by atoms with Crippen molar-refractivity contribution in [2.75, 3.05) is 6.54 Å². The number of carbonyl (C=O) groups is 2. The number of rotatable bonds is 7. The van der Waals surface area contributed by atoms with Gasteiger partial charge in [0.05, 0.1) is 11.7 Å². The average Bonchev–Trinajstić information content (AvgIpc) is 2.63. The van der Waals surface area contributed by atoms with Crippen LogP contribution in [0.2, 0.25) is 0 Å². The summed E-state index contributed by atoms with van der Waals surface area (Å²) < 4.78 is 27.0. The molecule has 0 radical (unpaired) electrons.